The minimum Gasteiger partial charge on any atom is -0.330 e. The molecule has 42 heavy (non-hydrogen) atoms. The van der Waals surface area contributed by atoms with Gasteiger partial charge in [0, 0.05) is 30.7 Å². The first-order chi connectivity index (χ1) is 19.4. The van der Waals surface area contributed by atoms with Crippen LogP contribution in [-0.2, 0) is 22.0 Å². The summed E-state index contributed by atoms with van der Waals surface area (Å²) in [5, 5.41) is 2.81. The van der Waals surface area contributed by atoms with Gasteiger partial charge >= 0.3 is 6.18 Å². The minimum atomic E-state index is -4.49. The number of hydrogen-bond donors (Lipinski definition) is 1. The van der Waals surface area contributed by atoms with E-state index in [4.69, 9.17) is 0 Å². The summed E-state index contributed by atoms with van der Waals surface area (Å²) in [6.07, 6.45) is 0.657. The van der Waals surface area contributed by atoms with E-state index in [2.05, 4.69) is 10.2 Å². The Morgan fingerprint density at radius 1 is 1.12 bits per heavy atom. The molecular weight excluding hydrogens is 573 g/mol. The normalized spacial score (nSPS) is 16.4. The number of carbonyl (C=O) groups is 1. The largest absolute Gasteiger partial charge is 0.416 e. The summed E-state index contributed by atoms with van der Waals surface area (Å²) in [6, 6.07) is 4.54. The van der Waals surface area contributed by atoms with Crippen molar-refractivity contribution in [3.05, 3.63) is 53.5 Å². The molecule has 1 aliphatic rings. The predicted octanol–water partition coefficient (Wildman–Crippen LogP) is 8.36. The Hall–Kier alpha value is -2.11. The fourth-order valence-electron chi connectivity index (χ4n) is 4.01. The summed E-state index contributed by atoms with van der Waals surface area (Å²) in [5.74, 6) is -0.475. The van der Waals surface area contributed by atoms with Crippen molar-refractivity contribution in [1.29, 1.82) is 0 Å². The molecule has 1 aromatic rings. The topological polar surface area (TPSA) is 52.7 Å². The van der Waals surface area contributed by atoms with Gasteiger partial charge in [-0.3, -0.25) is 4.79 Å². The van der Waals surface area contributed by atoms with Gasteiger partial charge in [-0.15, -0.1) is 0 Å². The van der Waals surface area contributed by atoms with Crippen LogP contribution in [0.5, 0.6) is 0 Å². The SMILES string of the molecule is CC.CC(C)(C)F.CC/C(=C\C=C(/C)F)NC(=O)CCN1CCC(N(C(C)C)S(=O)c2cccc(C(F)(F)F)c2)CC1. The lowest BCUT2D eigenvalue weighted by Gasteiger charge is -2.39. The van der Waals surface area contributed by atoms with Crippen LogP contribution >= 0.6 is 0 Å². The van der Waals surface area contributed by atoms with Crippen LogP contribution in [0.3, 0.4) is 0 Å². The molecule has 0 saturated carbocycles. The van der Waals surface area contributed by atoms with Crippen LogP contribution in [0.4, 0.5) is 22.0 Å². The van der Waals surface area contributed by atoms with E-state index in [0.717, 1.165) is 12.1 Å². The van der Waals surface area contributed by atoms with Crippen molar-refractivity contribution in [1.82, 2.24) is 14.5 Å². The summed E-state index contributed by atoms with van der Waals surface area (Å²) in [6.45, 7) is 17.5. The number of carbonyl (C=O) groups excluding carboxylic acids is 1. The van der Waals surface area contributed by atoms with Gasteiger partial charge in [-0.1, -0.05) is 26.8 Å². The number of allylic oxidation sites excluding steroid dienone is 4. The summed E-state index contributed by atoms with van der Waals surface area (Å²) in [5.41, 5.74) is -1.16. The van der Waals surface area contributed by atoms with Gasteiger partial charge in [0.1, 0.15) is 16.7 Å². The van der Waals surface area contributed by atoms with E-state index in [9.17, 15) is 31.0 Å². The van der Waals surface area contributed by atoms with Crippen molar-refractivity contribution >= 4 is 16.9 Å². The standard InChI is InChI=1S/C25H35F4N3O2S.C4H9F.C2H6/c1-5-21(10-9-19(4)26)30-24(33)13-16-31-14-11-22(12-15-31)32(18(2)3)35(34)23-8-6-7-20(17-23)25(27,28)29;1-4(2,3)5;1-2/h6-10,17-18,22H,5,11-16H2,1-4H3,(H,30,33);1-3H3;1-2H3/b19-9+,21-10+;;. The van der Waals surface area contributed by atoms with Crippen molar-refractivity contribution < 1.29 is 31.0 Å². The zero-order chi connectivity index (χ0) is 32.7. The average molecular weight is 624 g/mol. The second-order valence-electron chi connectivity index (χ2n) is 11.0. The molecule has 0 spiro atoms. The zero-order valence-electron chi connectivity index (χ0n) is 26.6. The van der Waals surface area contributed by atoms with E-state index >= 15 is 0 Å². The van der Waals surface area contributed by atoms with Crippen LogP contribution in [-0.4, -0.2) is 56.7 Å². The van der Waals surface area contributed by atoms with Crippen molar-refractivity contribution in [2.45, 2.75) is 117 Å². The number of piperidine rings is 1. The van der Waals surface area contributed by atoms with Crippen molar-refractivity contribution in [2.24, 2.45) is 0 Å². The third-order valence-electron chi connectivity index (χ3n) is 5.83. The lowest BCUT2D eigenvalue weighted by molar-refractivity contribution is -0.137. The molecule has 0 radical (unpaired) electrons. The number of alkyl halides is 4. The molecule has 1 heterocycles. The molecular formula is C31H50F5N3O2S. The molecule has 1 aromatic carbocycles. The molecule has 1 N–H and O–H groups in total. The van der Waals surface area contributed by atoms with Gasteiger partial charge in [0.2, 0.25) is 5.91 Å². The Bertz CT molecular complexity index is 1020. The predicted molar refractivity (Wildman–Crippen MR) is 162 cm³/mol. The summed E-state index contributed by atoms with van der Waals surface area (Å²) >= 11 is 0. The highest BCUT2D eigenvalue weighted by molar-refractivity contribution is 7.82. The van der Waals surface area contributed by atoms with E-state index in [1.54, 1.807) is 10.4 Å². The highest BCUT2D eigenvalue weighted by Gasteiger charge is 2.34. The second-order valence-corrected chi connectivity index (χ2v) is 12.4. The first-order valence-electron chi connectivity index (χ1n) is 14.5. The molecule has 1 aliphatic heterocycles. The lowest BCUT2D eigenvalue weighted by Crippen LogP contribution is -2.48. The molecule has 1 amide bonds. The van der Waals surface area contributed by atoms with Gasteiger partial charge in [-0.25, -0.2) is 17.3 Å². The lowest BCUT2D eigenvalue weighted by atomic mass is 10.0. The van der Waals surface area contributed by atoms with Gasteiger partial charge in [0.15, 0.2) is 0 Å². The minimum absolute atomic E-state index is 0.0409. The Labute approximate surface area is 252 Å². The number of benzene rings is 1. The van der Waals surface area contributed by atoms with Crippen molar-refractivity contribution in [3.63, 3.8) is 0 Å². The van der Waals surface area contributed by atoms with Gasteiger partial charge < -0.3 is 10.2 Å². The smallest absolute Gasteiger partial charge is 0.330 e. The number of likely N-dealkylation sites (tertiary alicyclic amines) is 1. The number of amides is 1. The number of hydrogen-bond acceptors (Lipinski definition) is 3. The fraction of sp³-hybridized carbons (Fsp3) is 0.645. The summed E-state index contributed by atoms with van der Waals surface area (Å²) < 4.78 is 79.0. The molecule has 2 rings (SSSR count). The second kappa shape index (κ2) is 19.2. The monoisotopic (exact) mass is 623 g/mol. The quantitative estimate of drug-likeness (QED) is 0.211. The molecule has 5 nitrogen and oxygen atoms in total. The molecule has 1 atom stereocenters. The molecule has 242 valence electrons. The molecule has 11 heteroatoms. The Kier molecular flexibility index (Phi) is 18.3. The molecule has 0 aromatic heterocycles. The van der Waals surface area contributed by atoms with Crippen LogP contribution in [0.1, 0.15) is 93.6 Å². The number of rotatable bonds is 10. The molecule has 1 unspecified atom stereocenters. The van der Waals surface area contributed by atoms with Crippen molar-refractivity contribution in [3.8, 4) is 0 Å². The van der Waals surface area contributed by atoms with E-state index in [0.29, 0.717) is 51.0 Å². The third-order valence-corrected chi connectivity index (χ3v) is 7.59. The Morgan fingerprint density at radius 3 is 2.12 bits per heavy atom. The fourth-order valence-corrected chi connectivity index (χ4v) is 5.54. The van der Waals surface area contributed by atoms with Gasteiger partial charge in [0.05, 0.1) is 16.3 Å². The first kappa shape index (κ1) is 39.9. The molecule has 1 fully saturated rings. The van der Waals surface area contributed by atoms with E-state index in [1.165, 1.54) is 45.9 Å². The average Bonchev–Trinajstić information content (AvgIpc) is 2.90. The first-order valence-corrected chi connectivity index (χ1v) is 15.6. The van der Waals surface area contributed by atoms with Gasteiger partial charge in [-0.2, -0.15) is 13.2 Å². The molecule has 0 bridgehead atoms. The van der Waals surface area contributed by atoms with Crippen LogP contribution in [0.15, 0.2) is 52.8 Å². The number of nitrogens with one attached hydrogen (secondary N) is 1. The van der Waals surface area contributed by atoms with E-state index < -0.39 is 28.4 Å². The van der Waals surface area contributed by atoms with E-state index in [-0.39, 0.29) is 28.7 Å². The van der Waals surface area contributed by atoms with Crippen LogP contribution < -0.4 is 5.32 Å². The third kappa shape index (κ3) is 16.5. The van der Waals surface area contributed by atoms with E-state index in [1.807, 2.05) is 34.6 Å². The summed E-state index contributed by atoms with van der Waals surface area (Å²) in [7, 11) is -1.72. The Balaban J connectivity index is 0.00000216. The molecule has 0 aliphatic carbocycles. The van der Waals surface area contributed by atoms with Gasteiger partial charge in [0.25, 0.3) is 0 Å². The highest BCUT2D eigenvalue weighted by atomic mass is 32.2. The number of nitrogens with zero attached hydrogens (tertiary/aromatic N) is 2. The van der Waals surface area contributed by atoms with Crippen LogP contribution in [0.2, 0.25) is 0 Å². The highest BCUT2D eigenvalue weighted by Crippen LogP contribution is 2.31. The van der Waals surface area contributed by atoms with Gasteiger partial charge in [-0.05, 0) is 104 Å². The van der Waals surface area contributed by atoms with Crippen molar-refractivity contribution in [2.75, 3.05) is 19.6 Å². The maximum absolute atomic E-state index is 13.3. The van der Waals surface area contributed by atoms with Crippen LogP contribution in [0.25, 0.3) is 0 Å². The zero-order valence-corrected chi connectivity index (χ0v) is 27.4. The maximum Gasteiger partial charge on any atom is 0.416 e. The summed E-state index contributed by atoms with van der Waals surface area (Å²) in [4.78, 5) is 14.6. The molecule has 1 saturated heterocycles. The number of halogens is 5. The van der Waals surface area contributed by atoms with Crippen LogP contribution in [0, 0.1) is 0 Å². The maximum atomic E-state index is 13.3. The Morgan fingerprint density at radius 2 is 1.67 bits per heavy atom.